The molecule has 1 aliphatic carbocycles. The van der Waals surface area contributed by atoms with Gasteiger partial charge in [-0.05, 0) is 37.1 Å². The highest BCUT2D eigenvalue weighted by Gasteiger charge is 2.17. The van der Waals surface area contributed by atoms with E-state index in [1.807, 2.05) is 18.2 Å². The van der Waals surface area contributed by atoms with E-state index < -0.39 is 11.6 Å². The number of pyridine rings is 1. The maximum absolute atomic E-state index is 13.5. The topological polar surface area (TPSA) is 62.7 Å². The van der Waals surface area contributed by atoms with Gasteiger partial charge in [0.15, 0.2) is 11.6 Å². The van der Waals surface area contributed by atoms with Crippen LogP contribution in [0.2, 0.25) is 0 Å². The Labute approximate surface area is 155 Å². The van der Waals surface area contributed by atoms with E-state index in [-0.39, 0.29) is 0 Å². The average Bonchev–Trinajstić information content (AvgIpc) is 3.18. The van der Waals surface area contributed by atoms with E-state index >= 15 is 0 Å². The van der Waals surface area contributed by atoms with Gasteiger partial charge in [-0.15, -0.1) is 0 Å². The Morgan fingerprint density at radius 1 is 0.889 bits per heavy atom. The molecule has 0 amide bonds. The Kier molecular flexibility index (Phi) is 4.91. The van der Waals surface area contributed by atoms with Crippen LogP contribution in [0.3, 0.4) is 0 Å². The number of rotatable bonds is 5. The van der Waals surface area contributed by atoms with Crippen molar-refractivity contribution in [2.24, 2.45) is 0 Å². The molecular weight excluding hydrogens is 348 g/mol. The van der Waals surface area contributed by atoms with Gasteiger partial charge in [0.1, 0.15) is 5.82 Å². The van der Waals surface area contributed by atoms with Crippen LogP contribution in [0.15, 0.2) is 48.7 Å². The van der Waals surface area contributed by atoms with Gasteiger partial charge in [-0.3, -0.25) is 4.98 Å². The number of aromatic nitrogens is 3. The molecule has 1 saturated carbocycles. The lowest BCUT2D eigenvalue weighted by Crippen LogP contribution is -2.17. The molecule has 0 bridgehead atoms. The predicted octanol–water partition coefficient (Wildman–Crippen LogP) is 4.91. The van der Waals surface area contributed by atoms with Gasteiger partial charge in [0.2, 0.25) is 5.95 Å². The fourth-order valence-corrected chi connectivity index (χ4v) is 3.20. The lowest BCUT2D eigenvalue weighted by Gasteiger charge is -2.15. The molecule has 2 heterocycles. The number of hydrogen-bond donors (Lipinski definition) is 2. The van der Waals surface area contributed by atoms with E-state index in [9.17, 15) is 8.78 Å². The number of nitrogens with one attached hydrogen (secondary N) is 2. The quantitative estimate of drug-likeness (QED) is 0.670. The number of nitrogens with zero attached hydrogens (tertiary/aromatic N) is 3. The molecule has 3 aromatic rings. The summed E-state index contributed by atoms with van der Waals surface area (Å²) in [5.74, 6) is -0.823. The molecular formula is C20H19F2N5. The maximum Gasteiger partial charge on any atom is 0.225 e. The van der Waals surface area contributed by atoms with Crippen LogP contribution in [-0.2, 0) is 0 Å². The Morgan fingerprint density at radius 2 is 1.74 bits per heavy atom. The van der Waals surface area contributed by atoms with Crippen molar-refractivity contribution in [3.8, 4) is 11.4 Å². The first-order valence-electron chi connectivity index (χ1n) is 8.96. The lowest BCUT2D eigenvalue weighted by molar-refractivity contribution is 0.509. The molecule has 0 spiro atoms. The third-order valence-corrected chi connectivity index (χ3v) is 4.53. The third-order valence-electron chi connectivity index (χ3n) is 4.53. The smallest absolute Gasteiger partial charge is 0.225 e. The lowest BCUT2D eigenvalue weighted by atomic mass is 10.2. The molecule has 0 aliphatic heterocycles. The van der Waals surface area contributed by atoms with E-state index in [4.69, 9.17) is 0 Å². The highest BCUT2D eigenvalue weighted by molar-refractivity contribution is 5.65. The summed E-state index contributed by atoms with van der Waals surface area (Å²) in [6.07, 6.45) is 6.26. The first kappa shape index (κ1) is 17.3. The van der Waals surface area contributed by atoms with Crippen LogP contribution in [0.5, 0.6) is 0 Å². The monoisotopic (exact) mass is 367 g/mol. The second-order valence-corrected chi connectivity index (χ2v) is 6.56. The van der Waals surface area contributed by atoms with Gasteiger partial charge < -0.3 is 10.6 Å². The molecule has 2 N–H and O–H groups in total. The summed E-state index contributed by atoms with van der Waals surface area (Å²) in [4.78, 5) is 13.4. The van der Waals surface area contributed by atoms with Crippen molar-refractivity contribution in [1.82, 2.24) is 15.0 Å². The van der Waals surface area contributed by atoms with E-state index in [1.54, 1.807) is 12.3 Å². The van der Waals surface area contributed by atoms with E-state index in [2.05, 4.69) is 25.6 Å². The normalized spacial score (nSPS) is 14.3. The molecule has 0 atom stereocenters. The van der Waals surface area contributed by atoms with Gasteiger partial charge in [-0.2, -0.15) is 4.98 Å². The predicted molar refractivity (Wildman–Crippen MR) is 101 cm³/mol. The average molecular weight is 367 g/mol. The number of hydrogen-bond acceptors (Lipinski definition) is 5. The Bertz CT molecular complexity index is 927. The SMILES string of the molecule is Fc1ccc(Nc2cc(-c3ccccn3)nc(NC3CCCC3)n2)cc1F. The number of anilines is 3. The van der Waals surface area contributed by atoms with Crippen molar-refractivity contribution in [2.45, 2.75) is 31.7 Å². The van der Waals surface area contributed by atoms with Crippen molar-refractivity contribution < 1.29 is 8.78 Å². The van der Waals surface area contributed by atoms with Gasteiger partial charge in [0.05, 0.1) is 11.4 Å². The van der Waals surface area contributed by atoms with E-state index in [0.717, 1.165) is 25.0 Å². The molecule has 5 nitrogen and oxygen atoms in total. The Hall–Kier alpha value is -3.09. The van der Waals surface area contributed by atoms with Crippen LogP contribution in [0, 0.1) is 11.6 Å². The Morgan fingerprint density at radius 3 is 2.48 bits per heavy atom. The van der Waals surface area contributed by atoms with Crippen LogP contribution < -0.4 is 10.6 Å². The summed E-state index contributed by atoms with van der Waals surface area (Å²) in [5, 5.41) is 6.40. The summed E-state index contributed by atoms with van der Waals surface area (Å²) in [6, 6.07) is 11.3. The molecule has 1 fully saturated rings. The number of halogens is 2. The molecule has 4 rings (SSSR count). The van der Waals surface area contributed by atoms with E-state index in [1.165, 1.54) is 18.9 Å². The Balaban J connectivity index is 1.67. The molecule has 27 heavy (non-hydrogen) atoms. The van der Waals surface area contributed by atoms with Crippen molar-refractivity contribution in [2.75, 3.05) is 10.6 Å². The summed E-state index contributed by atoms with van der Waals surface area (Å²) in [6.45, 7) is 0. The molecule has 0 radical (unpaired) electrons. The second-order valence-electron chi connectivity index (χ2n) is 6.56. The first-order valence-corrected chi connectivity index (χ1v) is 8.96. The van der Waals surface area contributed by atoms with Crippen molar-refractivity contribution in [3.63, 3.8) is 0 Å². The summed E-state index contributed by atoms with van der Waals surface area (Å²) < 4.78 is 26.7. The zero-order valence-electron chi connectivity index (χ0n) is 14.6. The van der Waals surface area contributed by atoms with Crippen LogP contribution in [-0.4, -0.2) is 21.0 Å². The standard InChI is InChI=1S/C20H19F2N5/c21-15-9-8-14(11-16(15)22)24-19-12-18(17-7-3-4-10-23-17)26-20(27-19)25-13-5-1-2-6-13/h3-4,7-13H,1-2,5-6H2,(H2,24,25,26,27). The minimum atomic E-state index is -0.914. The van der Waals surface area contributed by atoms with Crippen LogP contribution in [0.1, 0.15) is 25.7 Å². The van der Waals surface area contributed by atoms with Crippen LogP contribution in [0.4, 0.5) is 26.2 Å². The summed E-state index contributed by atoms with van der Waals surface area (Å²) >= 11 is 0. The highest BCUT2D eigenvalue weighted by Crippen LogP contribution is 2.26. The molecule has 2 aromatic heterocycles. The zero-order chi connectivity index (χ0) is 18.6. The second kappa shape index (κ2) is 7.65. The fraction of sp³-hybridized carbons (Fsp3) is 0.250. The maximum atomic E-state index is 13.5. The van der Waals surface area contributed by atoms with Gasteiger partial charge >= 0.3 is 0 Å². The van der Waals surface area contributed by atoms with Crippen LogP contribution >= 0.6 is 0 Å². The highest BCUT2D eigenvalue weighted by atomic mass is 19.2. The van der Waals surface area contributed by atoms with Gasteiger partial charge in [0.25, 0.3) is 0 Å². The van der Waals surface area contributed by atoms with Crippen molar-refractivity contribution >= 4 is 17.5 Å². The van der Waals surface area contributed by atoms with Crippen molar-refractivity contribution in [1.29, 1.82) is 0 Å². The minimum absolute atomic E-state index is 0.347. The third kappa shape index (κ3) is 4.19. The first-order chi connectivity index (χ1) is 13.2. The molecule has 1 aromatic carbocycles. The van der Waals surface area contributed by atoms with Gasteiger partial charge in [-0.25, -0.2) is 13.8 Å². The molecule has 0 saturated heterocycles. The molecule has 7 heteroatoms. The summed E-state index contributed by atoms with van der Waals surface area (Å²) in [5.41, 5.74) is 1.77. The number of benzene rings is 1. The fourth-order valence-electron chi connectivity index (χ4n) is 3.20. The van der Waals surface area contributed by atoms with Gasteiger partial charge in [0, 0.05) is 30.1 Å². The van der Waals surface area contributed by atoms with Crippen LogP contribution in [0.25, 0.3) is 11.4 Å². The van der Waals surface area contributed by atoms with Gasteiger partial charge in [-0.1, -0.05) is 18.9 Å². The summed E-state index contributed by atoms with van der Waals surface area (Å²) in [7, 11) is 0. The zero-order valence-corrected chi connectivity index (χ0v) is 14.6. The van der Waals surface area contributed by atoms with E-state index in [0.29, 0.717) is 34.9 Å². The largest absolute Gasteiger partial charge is 0.351 e. The van der Waals surface area contributed by atoms with Crippen molar-refractivity contribution in [3.05, 3.63) is 60.3 Å². The molecule has 0 unspecified atom stereocenters. The minimum Gasteiger partial charge on any atom is -0.351 e. The molecule has 138 valence electrons. The molecule has 1 aliphatic rings.